The predicted octanol–water partition coefficient (Wildman–Crippen LogP) is 2.44. The number of carbonyl (C=O) groups excluding carboxylic acids is 1. The van der Waals surface area contributed by atoms with Gasteiger partial charge in [0, 0.05) is 17.8 Å². The molecule has 0 fully saturated rings. The highest BCUT2D eigenvalue weighted by atomic mass is 32.1. The van der Waals surface area contributed by atoms with Crippen molar-refractivity contribution < 1.29 is 4.79 Å². The van der Waals surface area contributed by atoms with Crippen molar-refractivity contribution in [1.82, 2.24) is 29.8 Å². The van der Waals surface area contributed by atoms with Gasteiger partial charge in [-0.15, -0.1) is 15.3 Å². The summed E-state index contributed by atoms with van der Waals surface area (Å²) in [6, 6.07) is 1.80. The van der Waals surface area contributed by atoms with Crippen LogP contribution >= 0.6 is 11.3 Å². The second-order valence-corrected chi connectivity index (χ2v) is 6.16. The Morgan fingerprint density at radius 1 is 1.35 bits per heavy atom. The van der Waals surface area contributed by atoms with Crippen molar-refractivity contribution in [2.45, 2.75) is 39.5 Å². The van der Waals surface area contributed by atoms with Crippen molar-refractivity contribution in [2.24, 2.45) is 0 Å². The molecule has 120 valence electrons. The molecule has 0 unspecified atom stereocenters. The van der Waals surface area contributed by atoms with Crippen LogP contribution in [-0.2, 0) is 0 Å². The van der Waals surface area contributed by atoms with Gasteiger partial charge in [-0.1, -0.05) is 25.2 Å². The van der Waals surface area contributed by atoms with Gasteiger partial charge in [0.15, 0.2) is 0 Å². The molecule has 0 saturated heterocycles. The Balaban J connectivity index is 1.79. The van der Waals surface area contributed by atoms with Crippen LogP contribution in [0.3, 0.4) is 0 Å². The van der Waals surface area contributed by atoms with Crippen molar-refractivity contribution in [3.8, 4) is 0 Å². The monoisotopic (exact) mass is 331 g/mol. The number of aromatic nitrogens is 6. The maximum absolute atomic E-state index is 12.3. The van der Waals surface area contributed by atoms with Crippen LogP contribution in [0.1, 0.15) is 53.9 Å². The smallest absolute Gasteiger partial charge is 0.294 e. The quantitative estimate of drug-likeness (QED) is 0.771. The number of rotatable bonds is 5. The summed E-state index contributed by atoms with van der Waals surface area (Å²) in [5, 5.41) is 16.5. The van der Waals surface area contributed by atoms with E-state index in [2.05, 4.69) is 44.4 Å². The van der Waals surface area contributed by atoms with Gasteiger partial charge >= 0.3 is 0 Å². The number of hydrogen-bond acceptors (Lipinski definition) is 7. The molecule has 0 spiro atoms. The van der Waals surface area contributed by atoms with Crippen molar-refractivity contribution in [3.63, 3.8) is 0 Å². The molecule has 0 aliphatic rings. The average Bonchev–Trinajstić information content (AvgIpc) is 3.16. The maximum Gasteiger partial charge on any atom is 0.297 e. The number of amides is 1. The minimum Gasteiger partial charge on any atom is -0.294 e. The molecule has 3 aromatic heterocycles. The largest absolute Gasteiger partial charge is 0.297 e. The Kier molecular flexibility index (Phi) is 4.28. The van der Waals surface area contributed by atoms with Crippen LogP contribution in [0.5, 0.6) is 0 Å². The molecule has 3 aromatic rings. The molecule has 3 rings (SSSR count). The lowest BCUT2D eigenvalue weighted by Gasteiger charge is -2.05. The van der Waals surface area contributed by atoms with E-state index in [9.17, 15) is 4.79 Å². The zero-order chi connectivity index (χ0) is 16.4. The fourth-order valence-corrected chi connectivity index (χ4v) is 3.25. The first-order valence-corrected chi connectivity index (χ1v) is 8.27. The Hall–Kier alpha value is -2.42. The van der Waals surface area contributed by atoms with Crippen LogP contribution in [0.25, 0.3) is 5.78 Å². The number of aryl methyl sites for hydroxylation is 1. The molecule has 1 N–H and O–H groups in total. The number of carbonyl (C=O) groups is 1. The molecule has 3 heterocycles. The van der Waals surface area contributed by atoms with Crippen LogP contribution in [0.2, 0.25) is 0 Å². The van der Waals surface area contributed by atoms with Gasteiger partial charge in [-0.2, -0.15) is 4.98 Å². The van der Waals surface area contributed by atoms with Crippen molar-refractivity contribution in [3.05, 3.63) is 28.8 Å². The van der Waals surface area contributed by atoms with Gasteiger partial charge in [0.05, 0.1) is 0 Å². The van der Waals surface area contributed by atoms with Crippen LogP contribution in [0, 0.1) is 6.92 Å². The van der Waals surface area contributed by atoms with Gasteiger partial charge < -0.3 is 0 Å². The summed E-state index contributed by atoms with van der Waals surface area (Å²) in [4.78, 5) is 20.5. The normalized spacial score (nSPS) is 11.3. The third kappa shape index (κ3) is 3.04. The summed E-state index contributed by atoms with van der Waals surface area (Å²) in [7, 11) is 0. The van der Waals surface area contributed by atoms with Gasteiger partial charge in [0.2, 0.25) is 11.0 Å². The standard InChI is InChI=1S/C14H17N7OS/c1-4-9(5-2)12-18-19-14(23-12)17-11(22)10-16-13-15-7-6-8(3)21(13)20-10/h6-7,9H,4-5H2,1-3H3,(H,17,19,22). The van der Waals surface area contributed by atoms with Crippen molar-refractivity contribution in [1.29, 1.82) is 0 Å². The van der Waals surface area contributed by atoms with Gasteiger partial charge in [-0.3, -0.25) is 10.1 Å². The van der Waals surface area contributed by atoms with E-state index in [4.69, 9.17) is 0 Å². The minimum absolute atomic E-state index is 0.0612. The van der Waals surface area contributed by atoms with Crippen LogP contribution in [-0.4, -0.2) is 35.7 Å². The maximum atomic E-state index is 12.3. The fraction of sp³-hybridized carbons (Fsp3) is 0.429. The zero-order valence-electron chi connectivity index (χ0n) is 13.1. The SMILES string of the molecule is CCC(CC)c1nnc(NC(=O)c2nc3nccc(C)n3n2)s1. The minimum atomic E-state index is -0.415. The number of nitrogens with one attached hydrogen (secondary N) is 1. The van der Waals surface area contributed by atoms with E-state index < -0.39 is 5.91 Å². The third-order valence-corrected chi connectivity index (χ3v) is 4.63. The lowest BCUT2D eigenvalue weighted by Crippen LogP contribution is -2.13. The molecule has 0 aromatic carbocycles. The van der Waals surface area contributed by atoms with Crippen molar-refractivity contribution in [2.75, 3.05) is 5.32 Å². The van der Waals surface area contributed by atoms with E-state index in [1.54, 1.807) is 12.3 Å². The van der Waals surface area contributed by atoms with E-state index in [-0.39, 0.29) is 5.82 Å². The van der Waals surface area contributed by atoms with E-state index in [1.807, 2.05) is 6.92 Å². The van der Waals surface area contributed by atoms with Crippen LogP contribution in [0.4, 0.5) is 5.13 Å². The molecule has 0 atom stereocenters. The Morgan fingerprint density at radius 2 is 2.13 bits per heavy atom. The number of hydrogen-bond donors (Lipinski definition) is 1. The molecular formula is C14H17N7OS. The molecule has 9 heteroatoms. The lowest BCUT2D eigenvalue weighted by atomic mass is 10.1. The second-order valence-electron chi connectivity index (χ2n) is 5.15. The predicted molar refractivity (Wildman–Crippen MR) is 86.7 cm³/mol. The molecule has 1 amide bonds. The van der Waals surface area contributed by atoms with Gasteiger partial charge in [0.25, 0.3) is 11.7 Å². The summed E-state index contributed by atoms with van der Waals surface area (Å²) in [5.41, 5.74) is 0.855. The van der Waals surface area contributed by atoms with Crippen LogP contribution < -0.4 is 5.32 Å². The lowest BCUT2D eigenvalue weighted by molar-refractivity contribution is 0.101. The molecule has 0 aliphatic carbocycles. The number of fused-ring (bicyclic) bond motifs is 1. The van der Waals surface area contributed by atoms with Gasteiger partial charge in [-0.25, -0.2) is 9.50 Å². The van der Waals surface area contributed by atoms with E-state index in [0.29, 0.717) is 16.8 Å². The molecular weight excluding hydrogens is 314 g/mol. The average molecular weight is 331 g/mol. The summed E-state index contributed by atoms with van der Waals surface area (Å²) in [6.07, 6.45) is 3.63. The van der Waals surface area contributed by atoms with Gasteiger partial charge in [-0.05, 0) is 25.8 Å². The van der Waals surface area contributed by atoms with E-state index in [0.717, 1.165) is 23.5 Å². The molecule has 0 aliphatic heterocycles. The van der Waals surface area contributed by atoms with Gasteiger partial charge in [0.1, 0.15) is 5.01 Å². The Labute approximate surface area is 137 Å². The highest BCUT2D eigenvalue weighted by Crippen LogP contribution is 2.28. The molecule has 0 radical (unpaired) electrons. The van der Waals surface area contributed by atoms with E-state index in [1.165, 1.54) is 15.9 Å². The summed E-state index contributed by atoms with van der Waals surface area (Å²) >= 11 is 1.39. The summed E-state index contributed by atoms with van der Waals surface area (Å²) in [5.74, 6) is 0.414. The molecule has 0 bridgehead atoms. The first kappa shape index (κ1) is 15.5. The second kappa shape index (κ2) is 6.37. The zero-order valence-corrected chi connectivity index (χ0v) is 14.0. The number of nitrogens with zero attached hydrogens (tertiary/aromatic N) is 6. The number of anilines is 1. The first-order chi connectivity index (χ1) is 11.1. The third-order valence-electron chi connectivity index (χ3n) is 3.63. The van der Waals surface area contributed by atoms with E-state index >= 15 is 0 Å². The first-order valence-electron chi connectivity index (χ1n) is 7.45. The van der Waals surface area contributed by atoms with Crippen molar-refractivity contribution >= 4 is 28.2 Å². The Morgan fingerprint density at radius 3 is 2.83 bits per heavy atom. The van der Waals surface area contributed by atoms with Crippen LogP contribution in [0.15, 0.2) is 12.3 Å². The molecule has 0 saturated carbocycles. The highest BCUT2D eigenvalue weighted by Gasteiger charge is 2.18. The fourth-order valence-electron chi connectivity index (χ4n) is 2.24. The highest BCUT2D eigenvalue weighted by molar-refractivity contribution is 7.15. The molecule has 23 heavy (non-hydrogen) atoms. The molecule has 8 nitrogen and oxygen atoms in total. The topological polar surface area (TPSA) is 98.0 Å². The summed E-state index contributed by atoms with van der Waals surface area (Å²) in [6.45, 7) is 6.10. The Bertz CT molecular complexity index is 837. The summed E-state index contributed by atoms with van der Waals surface area (Å²) < 4.78 is 1.53.